The van der Waals surface area contributed by atoms with Gasteiger partial charge in [-0.3, -0.25) is 29.1 Å². The van der Waals surface area contributed by atoms with Crippen molar-refractivity contribution in [3.63, 3.8) is 0 Å². The number of rotatable bonds is 11. The molecule has 0 spiro atoms. The molecule has 8 rings (SSSR count). The lowest BCUT2D eigenvalue weighted by atomic mass is 9.93. The highest BCUT2D eigenvalue weighted by Crippen LogP contribution is 2.49. The van der Waals surface area contributed by atoms with E-state index in [1.54, 1.807) is 12.3 Å². The van der Waals surface area contributed by atoms with Gasteiger partial charge in [0.1, 0.15) is 5.82 Å². The summed E-state index contributed by atoms with van der Waals surface area (Å²) in [6.45, 7) is 8.35. The van der Waals surface area contributed by atoms with Crippen molar-refractivity contribution in [1.82, 2.24) is 29.5 Å². The van der Waals surface area contributed by atoms with E-state index in [1.807, 2.05) is 43.5 Å². The van der Waals surface area contributed by atoms with Crippen molar-refractivity contribution >= 4 is 34.6 Å². The van der Waals surface area contributed by atoms with Crippen LogP contribution in [0.4, 0.5) is 22.9 Å². The number of nitrogens with one attached hydrogen (secondary N) is 2. The van der Waals surface area contributed by atoms with Crippen LogP contribution in [0.25, 0.3) is 11.1 Å². The highest BCUT2D eigenvalue weighted by Gasteiger charge is 2.37. The van der Waals surface area contributed by atoms with Gasteiger partial charge in [-0.05, 0) is 50.8 Å². The van der Waals surface area contributed by atoms with E-state index in [9.17, 15) is 14.7 Å². The largest absolute Gasteiger partial charge is 0.372 e. The van der Waals surface area contributed by atoms with E-state index < -0.39 is 6.23 Å². The fourth-order valence-electron chi connectivity index (χ4n) is 7.62. The topological polar surface area (TPSA) is 132 Å². The molecule has 2 atom stereocenters. The van der Waals surface area contributed by atoms with Crippen LogP contribution in [0.2, 0.25) is 0 Å². The minimum atomic E-state index is -0.642. The molecule has 260 valence electrons. The minimum absolute atomic E-state index is 0.0205. The summed E-state index contributed by atoms with van der Waals surface area (Å²) in [6.07, 6.45) is 7.30. The minimum Gasteiger partial charge on any atom is -0.372 e. The molecule has 12 nitrogen and oxygen atoms in total. The standard InChI is InChI=1S/C38H45N9O3/c1-4-33(48)29-18-39-34(43-37(49)24-13-14-24)17-32(29)42-30-11-8-10-27-28-19-40-47(35(28)23(2)44(3)36(27)30)26-21-45(22-26)20-25-9-7-12-31(41-25)38(50)46-15-5-6-16-46/h7-12,17-19,23-24,26,38,50H,4-6,13-16,20-22H2,1-3H3,(H2,39,42,43,49). The molecule has 4 aromatic rings. The van der Waals surface area contributed by atoms with E-state index in [0.717, 1.165) is 92.3 Å². The van der Waals surface area contributed by atoms with Crippen LogP contribution in [0.1, 0.15) is 91.7 Å². The predicted octanol–water partition coefficient (Wildman–Crippen LogP) is 5.68. The molecule has 2 unspecified atom stereocenters. The molecule has 6 heterocycles. The molecule has 1 saturated carbocycles. The van der Waals surface area contributed by atoms with E-state index in [2.05, 4.69) is 55.0 Å². The van der Waals surface area contributed by atoms with Crippen LogP contribution in [-0.2, 0) is 11.3 Å². The summed E-state index contributed by atoms with van der Waals surface area (Å²) in [5.41, 5.74) is 8.07. The number of benzene rings is 1. The zero-order valence-corrected chi connectivity index (χ0v) is 29.0. The summed E-state index contributed by atoms with van der Waals surface area (Å²) in [7, 11) is 2.10. The van der Waals surface area contributed by atoms with Gasteiger partial charge in [0.15, 0.2) is 12.0 Å². The molecule has 1 aromatic carbocycles. The Morgan fingerprint density at radius 3 is 2.56 bits per heavy atom. The second-order valence-electron chi connectivity index (χ2n) is 14.2. The maximum Gasteiger partial charge on any atom is 0.228 e. The SMILES string of the molecule is CCC(=O)c1cnc(NC(=O)C2CC2)cc1Nc1cccc2c1N(C)C(C)c1c-2cnn1C1CN(Cc2cccc(C(O)N3CCCC3)n2)C1. The monoisotopic (exact) mass is 675 g/mol. The lowest BCUT2D eigenvalue weighted by Crippen LogP contribution is -2.48. The van der Waals surface area contributed by atoms with Gasteiger partial charge in [0.05, 0.1) is 58.0 Å². The molecule has 4 aliphatic rings. The summed E-state index contributed by atoms with van der Waals surface area (Å²) >= 11 is 0. The van der Waals surface area contributed by atoms with Crippen LogP contribution in [0, 0.1) is 5.92 Å². The summed E-state index contributed by atoms with van der Waals surface area (Å²) in [5, 5.41) is 22.3. The third-order valence-corrected chi connectivity index (χ3v) is 10.7. The highest BCUT2D eigenvalue weighted by molar-refractivity contribution is 6.03. The number of fused-ring (bicyclic) bond motifs is 3. The number of Topliss-reactive ketones (excluding diaryl/α,β-unsaturated/α-hetero) is 1. The first-order chi connectivity index (χ1) is 24.3. The molecular formula is C38H45N9O3. The van der Waals surface area contributed by atoms with Gasteiger partial charge in [0.2, 0.25) is 5.91 Å². The fraction of sp³-hybridized carbons (Fsp3) is 0.447. The predicted molar refractivity (Wildman–Crippen MR) is 192 cm³/mol. The summed E-state index contributed by atoms with van der Waals surface area (Å²) in [5.74, 6) is 0.437. The van der Waals surface area contributed by atoms with E-state index in [1.165, 1.54) is 5.69 Å². The van der Waals surface area contributed by atoms with Crippen molar-refractivity contribution in [3.05, 3.63) is 77.5 Å². The number of aliphatic hydroxyl groups is 1. The quantitative estimate of drug-likeness (QED) is 0.171. The van der Waals surface area contributed by atoms with Gasteiger partial charge in [0.25, 0.3) is 0 Å². The van der Waals surface area contributed by atoms with Crippen molar-refractivity contribution in [3.8, 4) is 11.1 Å². The second-order valence-corrected chi connectivity index (χ2v) is 14.2. The number of hydrogen-bond donors (Lipinski definition) is 3. The first-order valence-corrected chi connectivity index (χ1v) is 17.9. The fourth-order valence-corrected chi connectivity index (χ4v) is 7.62. The molecule has 3 fully saturated rings. The average molecular weight is 676 g/mol. The number of amides is 1. The zero-order valence-electron chi connectivity index (χ0n) is 29.0. The number of ketones is 1. The molecule has 50 heavy (non-hydrogen) atoms. The van der Waals surface area contributed by atoms with Crippen LogP contribution in [0.3, 0.4) is 0 Å². The maximum atomic E-state index is 13.0. The van der Waals surface area contributed by atoms with Gasteiger partial charge in [-0.2, -0.15) is 5.10 Å². The number of aromatic nitrogens is 4. The van der Waals surface area contributed by atoms with Crippen molar-refractivity contribution in [2.24, 2.45) is 5.92 Å². The van der Waals surface area contributed by atoms with Gasteiger partial charge >= 0.3 is 0 Å². The normalized spacial score (nSPS) is 19.8. The van der Waals surface area contributed by atoms with Crippen LogP contribution in [0.15, 0.2) is 54.9 Å². The molecule has 12 heteroatoms. The van der Waals surface area contributed by atoms with E-state index >= 15 is 0 Å². The van der Waals surface area contributed by atoms with Crippen molar-refractivity contribution in [2.45, 2.75) is 70.8 Å². The molecule has 0 bridgehead atoms. The third-order valence-electron chi connectivity index (χ3n) is 10.7. The van der Waals surface area contributed by atoms with Crippen molar-refractivity contribution < 1.29 is 14.7 Å². The molecule has 0 radical (unpaired) electrons. The maximum absolute atomic E-state index is 13.0. The Morgan fingerprint density at radius 1 is 1.02 bits per heavy atom. The van der Waals surface area contributed by atoms with Crippen LogP contribution in [0.5, 0.6) is 0 Å². The Kier molecular flexibility index (Phi) is 8.62. The van der Waals surface area contributed by atoms with Gasteiger partial charge in [-0.25, -0.2) is 4.98 Å². The molecule has 3 aromatic heterocycles. The smallest absolute Gasteiger partial charge is 0.228 e. The Hall–Kier alpha value is -4.65. The van der Waals surface area contributed by atoms with Crippen LogP contribution < -0.4 is 15.5 Å². The third kappa shape index (κ3) is 6.05. The summed E-state index contributed by atoms with van der Waals surface area (Å²) < 4.78 is 2.20. The summed E-state index contributed by atoms with van der Waals surface area (Å²) in [6, 6.07) is 14.2. The van der Waals surface area contributed by atoms with E-state index in [-0.39, 0.29) is 29.7 Å². The molecule has 2 saturated heterocycles. The molecule has 3 N–H and O–H groups in total. The zero-order chi connectivity index (χ0) is 34.5. The Balaban J connectivity index is 1.01. The van der Waals surface area contributed by atoms with E-state index in [4.69, 9.17) is 10.1 Å². The average Bonchev–Trinajstić information content (AvgIpc) is 3.64. The number of para-hydroxylation sites is 1. The van der Waals surface area contributed by atoms with Crippen LogP contribution >= 0.6 is 0 Å². The number of anilines is 4. The Morgan fingerprint density at radius 2 is 1.80 bits per heavy atom. The first kappa shape index (κ1) is 32.5. The van der Waals surface area contributed by atoms with Crippen molar-refractivity contribution in [1.29, 1.82) is 0 Å². The number of hydrogen-bond acceptors (Lipinski definition) is 10. The highest BCUT2D eigenvalue weighted by atomic mass is 16.3. The summed E-state index contributed by atoms with van der Waals surface area (Å²) in [4.78, 5) is 41.4. The molecule has 1 aliphatic carbocycles. The second kappa shape index (κ2) is 13.2. The number of carbonyl (C=O) groups excluding carboxylic acids is 2. The first-order valence-electron chi connectivity index (χ1n) is 17.9. The van der Waals surface area contributed by atoms with Crippen LogP contribution in [-0.4, -0.2) is 79.6 Å². The Bertz CT molecular complexity index is 1930. The van der Waals surface area contributed by atoms with Gasteiger partial charge in [0, 0.05) is 75.5 Å². The lowest BCUT2D eigenvalue weighted by molar-refractivity contribution is -0.117. The molecular weight excluding hydrogens is 630 g/mol. The number of carbonyl (C=O) groups is 2. The Labute approximate surface area is 292 Å². The molecule has 3 aliphatic heterocycles. The van der Waals surface area contributed by atoms with Gasteiger partial charge in [-0.15, -0.1) is 0 Å². The van der Waals surface area contributed by atoms with Crippen molar-refractivity contribution in [2.75, 3.05) is 48.8 Å². The number of likely N-dealkylation sites (tertiary alicyclic amines) is 2. The number of nitrogens with zero attached hydrogens (tertiary/aromatic N) is 7. The number of aliphatic hydroxyl groups excluding tert-OH is 1. The number of pyridine rings is 2. The molecule has 1 amide bonds. The van der Waals surface area contributed by atoms with Gasteiger partial charge < -0.3 is 20.6 Å². The van der Waals surface area contributed by atoms with Gasteiger partial charge in [-0.1, -0.05) is 25.1 Å². The lowest BCUT2D eigenvalue weighted by Gasteiger charge is -2.42. The van der Waals surface area contributed by atoms with E-state index in [0.29, 0.717) is 23.5 Å².